The summed E-state index contributed by atoms with van der Waals surface area (Å²) in [6, 6.07) is 14.1. The lowest BCUT2D eigenvalue weighted by Crippen LogP contribution is -2.20. The summed E-state index contributed by atoms with van der Waals surface area (Å²) < 4.78 is 23.8. The molecule has 0 radical (unpaired) electrons. The Labute approximate surface area is 118 Å². The van der Waals surface area contributed by atoms with Gasteiger partial charge in [-0.05, 0) is 29.8 Å². The maximum atomic E-state index is 13.0. The molecule has 2 aromatic carbocycles. The molecule has 1 N–H and O–H groups in total. The molecule has 0 fully saturated rings. The van der Waals surface area contributed by atoms with Crippen LogP contribution >= 0.6 is 0 Å². The second kappa shape index (κ2) is 7.50. The first-order valence-electron chi connectivity index (χ1n) is 6.50. The first-order chi connectivity index (χ1) is 9.79. The van der Waals surface area contributed by atoms with Crippen molar-refractivity contribution in [2.75, 3.05) is 20.3 Å². The minimum absolute atomic E-state index is 0.213. The summed E-state index contributed by atoms with van der Waals surface area (Å²) in [5.74, 6) is 1.23. The highest BCUT2D eigenvalue weighted by atomic mass is 19.1. The molecule has 0 aliphatic heterocycles. The van der Waals surface area contributed by atoms with E-state index in [1.165, 1.54) is 12.1 Å². The van der Waals surface area contributed by atoms with Gasteiger partial charge in [-0.25, -0.2) is 4.39 Å². The lowest BCUT2D eigenvalue weighted by molar-refractivity contribution is 0.292. The molecule has 4 heteroatoms. The highest BCUT2D eigenvalue weighted by Gasteiger charge is 2.01. The first-order valence-corrected chi connectivity index (χ1v) is 6.50. The number of hydrogen-bond acceptors (Lipinski definition) is 3. The van der Waals surface area contributed by atoms with E-state index in [-0.39, 0.29) is 5.82 Å². The van der Waals surface area contributed by atoms with Crippen LogP contribution in [0, 0.1) is 5.82 Å². The van der Waals surface area contributed by atoms with Crippen LogP contribution in [0.3, 0.4) is 0 Å². The van der Waals surface area contributed by atoms with Gasteiger partial charge in [0.2, 0.25) is 0 Å². The van der Waals surface area contributed by atoms with E-state index in [0.717, 1.165) is 17.1 Å². The van der Waals surface area contributed by atoms with Gasteiger partial charge in [0.1, 0.15) is 12.4 Å². The van der Waals surface area contributed by atoms with E-state index in [0.29, 0.717) is 19.7 Å². The van der Waals surface area contributed by atoms with Crippen LogP contribution in [0.4, 0.5) is 4.39 Å². The number of benzene rings is 2. The molecule has 20 heavy (non-hydrogen) atoms. The molecule has 0 aliphatic carbocycles. The van der Waals surface area contributed by atoms with Gasteiger partial charge >= 0.3 is 0 Å². The van der Waals surface area contributed by atoms with Crippen molar-refractivity contribution < 1.29 is 13.9 Å². The molecule has 0 unspecified atom stereocenters. The number of hydrogen-bond donors (Lipinski definition) is 1. The molecule has 0 aliphatic rings. The number of halogens is 1. The molecule has 0 aromatic heterocycles. The van der Waals surface area contributed by atoms with Crippen LogP contribution in [-0.4, -0.2) is 20.3 Å². The lowest BCUT2D eigenvalue weighted by Gasteiger charge is -2.10. The number of rotatable bonds is 7. The highest BCUT2D eigenvalue weighted by Crippen LogP contribution is 2.25. The molecule has 0 spiro atoms. The summed E-state index contributed by atoms with van der Waals surface area (Å²) in [4.78, 5) is 0. The van der Waals surface area contributed by atoms with Gasteiger partial charge in [0.25, 0.3) is 0 Å². The SMILES string of the molecule is COc1ccccc1OCCNCc1cccc(F)c1. The summed E-state index contributed by atoms with van der Waals surface area (Å²) >= 11 is 0. The Morgan fingerprint density at radius 2 is 1.85 bits per heavy atom. The van der Waals surface area contributed by atoms with Gasteiger partial charge in [-0.2, -0.15) is 0 Å². The van der Waals surface area contributed by atoms with Crippen LogP contribution in [0.15, 0.2) is 48.5 Å². The van der Waals surface area contributed by atoms with Gasteiger partial charge in [-0.15, -0.1) is 0 Å². The van der Waals surface area contributed by atoms with Crippen molar-refractivity contribution in [3.8, 4) is 11.5 Å². The predicted molar refractivity (Wildman–Crippen MR) is 76.6 cm³/mol. The number of methoxy groups -OCH3 is 1. The van der Waals surface area contributed by atoms with Crippen LogP contribution < -0.4 is 14.8 Å². The van der Waals surface area contributed by atoms with E-state index >= 15 is 0 Å². The van der Waals surface area contributed by atoms with Crippen molar-refractivity contribution in [2.45, 2.75) is 6.54 Å². The Bertz CT molecular complexity index is 546. The molecular formula is C16H18FNO2. The Morgan fingerprint density at radius 1 is 1.05 bits per heavy atom. The number of para-hydroxylation sites is 2. The number of nitrogens with one attached hydrogen (secondary N) is 1. The smallest absolute Gasteiger partial charge is 0.161 e. The molecule has 0 amide bonds. The van der Waals surface area contributed by atoms with Crippen LogP contribution in [0.25, 0.3) is 0 Å². The predicted octanol–water partition coefficient (Wildman–Crippen LogP) is 3.00. The zero-order valence-corrected chi connectivity index (χ0v) is 11.4. The quantitative estimate of drug-likeness (QED) is 0.788. The highest BCUT2D eigenvalue weighted by molar-refractivity contribution is 5.39. The molecule has 0 atom stereocenters. The monoisotopic (exact) mass is 275 g/mol. The van der Waals surface area contributed by atoms with Crippen LogP contribution in [0.5, 0.6) is 11.5 Å². The van der Waals surface area contributed by atoms with Gasteiger partial charge in [-0.1, -0.05) is 24.3 Å². The van der Waals surface area contributed by atoms with E-state index in [1.807, 2.05) is 30.3 Å². The molecule has 0 heterocycles. The van der Waals surface area contributed by atoms with Crippen LogP contribution in [0.1, 0.15) is 5.56 Å². The van der Waals surface area contributed by atoms with Crippen molar-refractivity contribution in [3.63, 3.8) is 0 Å². The van der Waals surface area contributed by atoms with E-state index in [2.05, 4.69) is 5.32 Å². The first kappa shape index (κ1) is 14.3. The normalized spacial score (nSPS) is 10.3. The molecule has 0 bridgehead atoms. The van der Waals surface area contributed by atoms with Crippen LogP contribution in [-0.2, 0) is 6.54 Å². The van der Waals surface area contributed by atoms with Gasteiger partial charge in [-0.3, -0.25) is 0 Å². The molecular weight excluding hydrogens is 257 g/mol. The average molecular weight is 275 g/mol. The zero-order chi connectivity index (χ0) is 14.2. The average Bonchev–Trinajstić information content (AvgIpc) is 2.47. The summed E-state index contributed by atoms with van der Waals surface area (Å²) in [5, 5.41) is 3.20. The van der Waals surface area contributed by atoms with Crippen LogP contribution in [0.2, 0.25) is 0 Å². The van der Waals surface area contributed by atoms with Gasteiger partial charge < -0.3 is 14.8 Å². The van der Waals surface area contributed by atoms with Crippen molar-refractivity contribution in [1.82, 2.24) is 5.32 Å². The van der Waals surface area contributed by atoms with Crippen molar-refractivity contribution >= 4 is 0 Å². The van der Waals surface area contributed by atoms with Crippen molar-refractivity contribution in [2.24, 2.45) is 0 Å². The van der Waals surface area contributed by atoms with E-state index in [4.69, 9.17) is 9.47 Å². The fourth-order valence-corrected chi connectivity index (χ4v) is 1.85. The lowest BCUT2D eigenvalue weighted by atomic mass is 10.2. The standard InChI is InChI=1S/C16H18FNO2/c1-19-15-7-2-3-8-16(15)20-10-9-18-12-13-5-4-6-14(17)11-13/h2-8,11,18H,9-10,12H2,1H3. The van der Waals surface area contributed by atoms with Crippen molar-refractivity contribution in [3.05, 3.63) is 59.9 Å². The fraction of sp³-hybridized carbons (Fsp3) is 0.250. The summed E-state index contributed by atoms with van der Waals surface area (Å²) in [7, 11) is 1.62. The minimum atomic E-state index is -0.213. The molecule has 106 valence electrons. The minimum Gasteiger partial charge on any atom is -0.493 e. The molecule has 0 saturated heterocycles. The topological polar surface area (TPSA) is 30.5 Å². The maximum absolute atomic E-state index is 13.0. The third-order valence-corrected chi connectivity index (χ3v) is 2.82. The fourth-order valence-electron chi connectivity index (χ4n) is 1.85. The van der Waals surface area contributed by atoms with E-state index in [1.54, 1.807) is 13.2 Å². The molecule has 2 aromatic rings. The third kappa shape index (κ3) is 4.24. The molecule has 2 rings (SSSR count). The van der Waals surface area contributed by atoms with E-state index in [9.17, 15) is 4.39 Å². The van der Waals surface area contributed by atoms with E-state index < -0.39 is 0 Å². The Balaban J connectivity index is 1.71. The van der Waals surface area contributed by atoms with Crippen molar-refractivity contribution in [1.29, 1.82) is 0 Å². The summed E-state index contributed by atoms with van der Waals surface area (Å²) in [6.07, 6.45) is 0. The largest absolute Gasteiger partial charge is 0.493 e. The molecule has 3 nitrogen and oxygen atoms in total. The number of ether oxygens (including phenoxy) is 2. The van der Waals surface area contributed by atoms with Gasteiger partial charge in [0.15, 0.2) is 11.5 Å². The Kier molecular flexibility index (Phi) is 5.38. The summed E-state index contributed by atoms with van der Waals surface area (Å²) in [5.41, 5.74) is 0.919. The third-order valence-electron chi connectivity index (χ3n) is 2.82. The van der Waals surface area contributed by atoms with Gasteiger partial charge in [0, 0.05) is 13.1 Å². The van der Waals surface area contributed by atoms with Gasteiger partial charge in [0.05, 0.1) is 7.11 Å². The summed E-state index contributed by atoms with van der Waals surface area (Å²) in [6.45, 7) is 1.82. The second-order valence-corrected chi connectivity index (χ2v) is 4.31. The Morgan fingerprint density at radius 3 is 2.60 bits per heavy atom. The Hall–Kier alpha value is -2.07. The molecule has 0 saturated carbocycles. The zero-order valence-electron chi connectivity index (χ0n) is 11.4. The second-order valence-electron chi connectivity index (χ2n) is 4.31. The maximum Gasteiger partial charge on any atom is 0.161 e.